The van der Waals surface area contributed by atoms with Gasteiger partial charge in [0, 0.05) is 11.1 Å². The van der Waals surface area contributed by atoms with Crippen LogP contribution in [0.2, 0.25) is 0 Å². The number of hydrogen-bond donors (Lipinski definition) is 0. The molecule has 1 atom stereocenters. The minimum Gasteiger partial charge on any atom is -0.436 e. The van der Waals surface area contributed by atoms with Crippen molar-refractivity contribution in [2.75, 3.05) is 4.90 Å². The van der Waals surface area contributed by atoms with Gasteiger partial charge in [-0.25, -0.2) is 18.3 Å². The highest BCUT2D eigenvalue weighted by atomic mass is 32.2. The first-order valence-electron chi connectivity index (χ1n) is 11.0. The topological polar surface area (TPSA) is 101 Å². The number of fused-ring (bicyclic) bond motifs is 1. The summed E-state index contributed by atoms with van der Waals surface area (Å²) in [7, 11) is -3.98. The molecule has 1 aliphatic heterocycles. The molecule has 0 spiro atoms. The molecule has 0 bridgehead atoms. The minimum atomic E-state index is -3.98. The second kappa shape index (κ2) is 8.40. The molecule has 8 nitrogen and oxygen atoms in total. The van der Waals surface area contributed by atoms with Gasteiger partial charge in [0.25, 0.3) is 15.9 Å². The van der Waals surface area contributed by atoms with E-state index in [0.717, 1.165) is 21.8 Å². The Labute approximate surface area is 206 Å². The van der Waals surface area contributed by atoms with Crippen molar-refractivity contribution in [2.45, 2.75) is 43.0 Å². The lowest BCUT2D eigenvalue weighted by Crippen LogP contribution is -2.54. The number of nitrogens with zero attached hydrogens (tertiary/aromatic N) is 3. The third-order valence-corrected chi connectivity index (χ3v) is 9.29. The Balaban J connectivity index is 1.46. The highest BCUT2D eigenvalue weighted by Gasteiger charge is 2.50. The lowest BCUT2D eigenvalue weighted by Gasteiger charge is -2.37. The van der Waals surface area contributed by atoms with Crippen LogP contribution < -0.4 is 4.90 Å². The summed E-state index contributed by atoms with van der Waals surface area (Å²) in [6.07, 6.45) is -0.229. The maximum atomic E-state index is 13.5. The highest BCUT2D eigenvalue weighted by molar-refractivity contribution is 7.91. The van der Waals surface area contributed by atoms with Crippen molar-refractivity contribution in [3.63, 3.8) is 0 Å². The van der Waals surface area contributed by atoms with Crippen LogP contribution in [0.5, 0.6) is 0 Å². The molecule has 1 saturated heterocycles. The number of carbonyl (C=O) groups is 2. The van der Waals surface area contributed by atoms with Crippen molar-refractivity contribution in [1.29, 1.82) is 0 Å². The molecule has 10 heteroatoms. The zero-order valence-corrected chi connectivity index (χ0v) is 21.0. The molecule has 1 unspecified atom stereocenters. The predicted octanol–water partition coefficient (Wildman–Crippen LogP) is 4.68. The van der Waals surface area contributed by atoms with Gasteiger partial charge in [-0.15, -0.1) is 11.3 Å². The van der Waals surface area contributed by atoms with Gasteiger partial charge in [0.15, 0.2) is 5.58 Å². The highest BCUT2D eigenvalue weighted by Crippen LogP contribution is 2.36. The van der Waals surface area contributed by atoms with E-state index in [0.29, 0.717) is 22.7 Å². The Bertz CT molecular complexity index is 1480. The maximum absolute atomic E-state index is 13.5. The summed E-state index contributed by atoms with van der Waals surface area (Å²) < 4.78 is 34.0. The van der Waals surface area contributed by atoms with Crippen LogP contribution in [0.3, 0.4) is 0 Å². The van der Waals surface area contributed by atoms with E-state index in [1.807, 2.05) is 24.3 Å². The Morgan fingerprint density at radius 3 is 2.37 bits per heavy atom. The molecule has 5 rings (SSSR count). The van der Waals surface area contributed by atoms with Gasteiger partial charge in [0.1, 0.15) is 15.8 Å². The third-order valence-electron chi connectivity index (χ3n) is 5.74. The summed E-state index contributed by atoms with van der Waals surface area (Å²) in [6.45, 7) is 5.15. The van der Waals surface area contributed by atoms with Gasteiger partial charge in [0.2, 0.25) is 11.8 Å². The van der Waals surface area contributed by atoms with Crippen LogP contribution in [0.15, 0.2) is 74.7 Å². The Morgan fingerprint density at radius 1 is 1.03 bits per heavy atom. The Kier molecular flexibility index (Phi) is 5.62. The van der Waals surface area contributed by atoms with Crippen molar-refractivity contribution in [2.24, 2.45) is 0 Å². The average molecular weight is 510 g/mol. The van der Waals surface area contributed by atoms with Crippen LogP contribution >= 0.6 is 11.3 Å². The number of anilines is 1. The molecular formula is C25H23N3O5S2. The van der Waals surface area contributed by atoms with E-state index in [-0.39, 0.29) is 10.6 Å². The number of para-hydroxylation sites is 2. The van der Waals surface area contributed by atoms with Crippen molar-refractivity contribution >= 4 is 50.0 Å². The molecule has 2 aromatic carbocycles. The molecule has 2 aromatic heterocycles. The molecule has 0 aliphatic carbocycles. The number of rotatable bonds is 5. The number of hydrogen-bond acceptors (Lipinski definition) is 7. The summed E-state index contributed by atoms with van der Waals surface area (Å²) in [5.74, 6) is -0.597. The normalized spacial score (nSPS) is 17.1. The summed E-state index contributed by atoms with van der Waals surface area (Å²) in [6, 6.07) is 16.1. The number of benzene rings is 2. The zero-order chi connectivity index (χ0) is 25.0. The summed E-state index contributed by atoms with van der Waals surface area (Å²) >= 11 is 1.08. The zero-order valence-electron chi connectivity index (χ0n) is 19.3. The van der Waals surface area contributed by atoms with E-state index >= 15 is 0 Å². The molecule has 1 aliphatic rings. The van der Waals surface area contributed by atoms with E-state index < -0.39 is 33.4 Å². The van der Waals surface area contributed by atoms with E-state index in [1.54, 1.807) is 56.5 Å². The molecule has 2 amide bonds. The van der Waals surface area contributed by atoms with Crippen molar-refractivity contribution in [1.82, 2.24) is 9.29 Å². The first-order valence-corrected chi connectivity index (χ1v) is 13.3. The minimum absolute atomic E-state index is 0.133. The van der Waals surface area contributed by atoms with Gasteiger partial charge in [0.05, 0.1) is 12.1 Å². The molecular weight excluding hydrogens is 486 g/mol. The summed E-state index contributed by atoms with van der Waals surface area (Å²) in [5.41, 5.74) is 1.53. The molecule has 1 fully saturated rings. The monoisotopic (exact) mass is 509 g/mol. The van der Waals surface area contributed by atoms with Crippen LogP contribution in [-0.2, 0) is 19.6 Å². The van der Waals surface area contributed by atoms with Gasteiger partial charge < -0.3 is 4.42 Å². The summed E-state index contributed by atoms with van der Waals surface area (Å²) in [5, 5.41) is 1.67. The number of thiophene rings is 1. The van der Waals surface area contributed by atoms with Crippen LogP contribution in [-0.4, -0.2) is 41.1 Å². The van der Waals surface area contributed by atoms with E-state index in [4.69, 9.17) is 4.42 Å². The van der Waals surface area contributed by atoms with Crippen LogP contribution in [0.4, 0.5) is 5.69 Å². The molecule has 0 N–H and O–H groups in total. The van der Waals surface area contributed by atoms with E-state index in [9.17, 15) is 18.0 Å². The maximum Gasteiger partial charge on any atom is 0.253 e. The van der Waals surface area contributed by atoms with Crippen molar-refractivity contribution in [3.8, 4) is 11.5 Å². The average Bonchev–Trinajstić information content (AvgIpc) is 3.53. The number of imide groups is 1. The second-order valence-corrected chi connectivity index (χ2v) is 12.2. The van der Waals surface area contributed by atoms with Crippen LogP contribution in [0.25, 0.3) is 22.6 Å². The fourth-order valence-electron chi connectivity index (χ4n) is 4.32. The lowest BCUT2D eigenvalue weighted by atomic mass is 10.1. The molecule has 180 valence electrons. The first kappa shape index (κ1) is 23.4. The Morgan fingerprint density at radius 2 is 1.74 bits per heavy atom. The Hall–Kier alpha value is -3.34. The molecule has 4 aromatic rings. The molecule has 0 radical (unpaired) electrons. The van der Waals surface area contributed by atoms with Crippen molar-refractivity contribution in [3.05, 3.63) is 66.0 Å². The van der Waals surface area contributed by atoms with Crippen molar-refractivity contribution < 1.29 is 22.4 Å². The van der Waals surface area contributed by atoms with Gasteiger partial charge >= 0.3 is 0 Å². The smallest absolute Gasteiger partial charge is 0.253 e. The fourth-order valence-corrected chi connectivity index (χ4v) is 7.33. The molecule has 3 heterocycles. The fraction of sp³-hybridized carbons (Fsp3) is 0.240. The predicted molar refractivity (Wildman–Crippen MR) is 133 cm³/mol. The van der Waals surface area contributed by atoms with Gasteiger partial charge in [-0.3, -0.25) is 9.59 Å². The van der Waals surface area contributed by atoms with Crippen LogP contribution in [0, 0.1) is 0 Å². The third kappa shape index (κ3) is 4.07. The van der Waals surface area contributed by atoms with Crippen LogP contribution in [0.1, 0.15) is 27.2 Å². The van der Waals surface area contributed by atoms with Gasteiger partial charge in [-0.2, -0.15) is 4.31 Å². The summed E-state index contributed by atoms with van der Waals surface area (Å²) in [4.78, 5) is 32.0. The quantitative estimate of drug-likeness (QED) is 0.362. The largest absolute Gasteiger partial charge is 0.436 e. The van der Waals surface area contributed by atoms with Gasteiger partial charge in [-0.05, 0) is 68.6 Å². The first-order chi connectivity index (χ1) is 16.6. The second-order valence-electron chi connectivity index (χ2n) is 9.22. The number of amides is 2. The number of carbonyl (C=O) groups excluding carboxylic acids is 2. The lowest BCUT2D eigenvalue weighted by molar-refractivity contribution is -0.122. The number of aromatic nitrogens is 1. The van der Waals surface area contributed by atoms with E-state index in [2.05, 4.69) is 4.98 Å². The van der Waals surface area contributed by atoms with Gasteiger partial charge in [-0.1, -0.05) is 18.2 Å². The molecule has 35 heavy (non-hydrogen) atoms. The SMILES string of the molecule is CC(C)(C)N(C1CC(=O)N(c2ccc(-c3nc4ccccc4o3)cc2)C1=O)S(=O)(=O)c1cccs1. The standard InChI is InChI=1S/C25H23N3O5S2/c1-25(2,3)28(35(31,32)22-9-6-14-34-22)19-15-21(29)27(24(19)30)17-12-10-16(11-13-17)23-26-18-7-4-5-8-20(18)33-23/h4-14,19H,15H2,1-3H3. The molecule has 0 saturated carbocycles. The number of sulfonamides is 1. The van der Waals surface area contributed by atoms with E-state index in [1.165, 1.54) is 10.4 Å². The number of oxazole rings is 1.